The fourth-order valence-electron chi connectivity index (χ4n) is 2.65. The number of esters is 1. The average molecular weight is 371 g/mol. The van der Waals surface area contributed by atoms with Crippen LogP contribution in [0.3, 0.4) is 0 Å². The summed E-state index contributed by atoms with van der Waals surface area (Å²) < 4.78 is 21.4. The van der Waals surface area contributed by atoms with Gasteiger partial charge in [-0.2, -0.15) is 0 Å². The van der Waals surface area contributed by atoms with Crippen LogP contribution in [0.15, 0.2) is 48.5 Å². The second-order valence-electron chi connectivity index (χ2n) is 6.03. The minimum Gasteiger partial charge on any atom is -0.496 e. The van der Waals surface area contributed by atoms with E-state index in [1.807, 2.05) is 30.3 Å². The Morgan fingerprint density at radius 2 is 1.81 bits per heavy atom. The highest BCUT2D eigenvalue weighted by atomic mass is 16.6. The van der Waals surface area contributed by atoms with E-state index in [1.165, 1.54) is 4.90 Å². The molecule has 0 saturated carbocycles. The van der Waals surface area contributed by atoms with E-state index >= 15 is 0 Å². The zero-order valence-corrected chi connectivity index (χ0v) is 15.2. The van der Waals surface area contributed by atoms with Gasteiger partial charge in [0.2, 0.25) is 6.10 Å². The topological polar surface area (TPSA) is 74.3 Å². The molecule has 0 aliphatic carbocycles. The molecule has 27 heavy (non-hydrogen) atoms. The van der Waals surface area contributed by atoms with Crippen LogP contribution in [0.1, 0.15) is 5.56 Å². The highest BCUT2D eigenvalue weighted by molar-refractivity contribution is 5.82. The molecule has 2 aromatic rings. The van der Waals surface area contributed by atoms with Crippen LogP contribution in [-0.4, -0.2) is 50.3 Å². The maximum atomic E-state index is 12.3. The normalized spacial score (nSPS) is 15.0. The Balaban J connectivity index is 1.50. The first kappa shape index (κ1) is 18.6. The van der Waals surface area contributed by atoms with E-state index < -0.39 is 12.1 Å². The van der Waals surface area contributed by atoms with Gasteiger partial charge in [0, 0.05) is 19.2 Å². The molecule has 7 nitrogen and oxygen atoms in total. The number of methoxy groups -OCH3 is 1. The molecule has 0 N–H and O–H groups in total. The van der Waals surface area contributed by atoms with Crippen molar-refractivity contribution >= 4 is 11.9 Å². The number of amides is 1. The molecular formula is C20H21NO6. The lowest BCUT2D eigenvalue weighted by molar-refractivity contribution is -0.159. The molecule has 0 spiro atoms. The Hall–Kier alpha value is -3.22. The number of carbonyl (C=O) groups is 2. The Bertz CT molecular complexity index is 822. The van der Waals surface area contributed by atoms with Crippen molar-refractivity contribution in [1.29, 1.82) is 0 Å². The number of para-hydroxylation sites is 3. The first-order chi connectivity index (χ1) is 13.1. The molecule has 0 radical (unpaired) electrons. The van der Waals surface area contributed by atoms with E-state index in [9.17, 15) is 9.59 Å². The SMILES string of the molecule is COc1ccccc1CN(C)C(=O)COC(=O)[C@H]1COc2ccccc2O1. The fourth-order valence-corrected chi connectivity index (χ4v) is 2.65. The van der Waals surface area contributed by atoms with E-state index in [4.69, 9.17) is 18.9 Å². The summed E-state index contributed by atoms with van der Waals surface area (Å²) in [5, 5.41) is 0. The van der Waals surface area contributed by atoms with Gasteiger partial charge in [0.05, 0.1) is 7.11 Å². The predicted molar refractivity (Wildman–Crippen MR) is 96.8 cm³/mol. The smallest absolute Gasteiger partial charge is 0.351 e. The van der Waals surface area contributed by atoms with E-state index in [0.29, 0.717) is 23.8 Å². The number of carbonyl (C=O) groups excluding carboxylic acids is 2. The molecule has 1 aliphatic rings. The summed E-state index contributed by atoms with van der Waals surface area (Å²) in [4.78, 5) is 25.9. The highest BCUT2D eigenvalue weighted by Gasteiger charge is 2.29. The molecule has 0 fully saturated rings. The van der Waals surface area contributed by atoms with Crippen LogP contribution >= 0.6 is 0 Å². The number of nitrogens with zero attached hydrogens (tertiary/aromatic N) is 1. The number of benzene rings is 2. The van der Waals surface area contributed by atoms with Crippen LogP contribution in [0.25, 0.3) is 0 Å². The summed E-state index contributed by atoms with van der Waals surface area (Å²) in [7, 11) is 3.21. The number of hydrogen-bond acceptors (Lipinski definition) is 6. The van der Waals surface area contributed by atoms with Gasteiger partial charge in [-0.1, -0.05) is 30.3 Å². The molecule has 0 unspecified atom stereocenters. The number of hydrogen-bond donors (Lipinski definition) is 0. The predicted octanol–water partition coefficient (Wildman–Crippen LogP) is 2.04. The summed E-state index contributed by atoms with van der Waals surface area (Å²) in [5.41, 5.74) is 0.864. The summed E-state index contributed by atoms with van der Waals surface area (Å²) in [6, 6.07) is 14.5. The largest absolute Gasteiger partial charge is 0.496 e. The lowest BCUT2D eigenvalue weighted by Gasteiger charge is -2.25. The molecule has 1 heterocycles. The molecule has 0 bridgehead atoms. The molecule has 1 aliphatic heterocycles. The summed E-state index contributed by atoms with van der Waals surface area (Å²) in [6.45, 7) is 0.0177. The minimum absolute atomic E-state index is 0.0427. The minimum atomic E-state index is -0.896. The lowest BCUT2D eigenvalue weighted by atomic mass is 10.2. The average Bonchev–Trinajstić information content (AvgIpc) is 2.71. The first-order valence-electron chi connectivity index (χ1n) is 8.49. The van der Waals surface area contributed by atoms with Gasteiger partial charge >= 0.3 is 5.97 Å². The standard InChI is InChI=1S/C20H21NO6/c1-21(11-14-7-3-4-8-15(14)24-2)19(22)13-26-20(23)18-12-25-16-9-5-6-10-17(16)27-18/h3-10,18H,11-13H2,1-2H3/t18-/m1/s1. The van der Waals surface area contributed by atoms with Crippen LogP contribution in [0.5, 0.6) is 17.2 Å². The Morgan fingerprint density at radius 1 is 1.11 bits per heavy atom. The van der Waals surface area contributed by atoms with Gasteiger partial charge in [0.15, 0.2) is 18.1 Å². The molecule has 1 amide bonds. The second-order valence-corrected chi connectivity index (χ2v) is 6.03. The van der Waals surface area contributed by atoms with Crippen molar-refractivity contribution in [3.05, 3.63) is 54.1 Å². The maximum absolute atomic E-state index is 12.3. The third-order valence-corrected chi connectivity index (χ3v) is 4.14. The third-order valence-electron chi connectivity index (χ3n) is 4.14. The van der Waals surface area contributed by atoms with Crippen molar-refractivity contribution < 1.29 is 28.5 Å². The van der Waals surface area contributed by atoms with Gasteiger partial charge < -0.3 is 23.8 Å². The Kier molecular flexibility index (Phi) is 5.80. The molecule has 0 aromatic heterocycles. The van der Waals surface area contributed by atoms with Gasteiger partial charge in [-0.15, -0.1) is 0 Å². The fraction of sp³-hybridized carbons (Fsp3) is 0.300. The van der Waals surface area contributed by atoms with Gasteiger partial charge in [0.25, 0.3) is 5.91 Å². The number of likely N-dealkylation sites (N-methyl/N-ethyl adjacent to an activating group) is 1. The van der Waals surface area contributed by atoms with Crippen LogP contribution in [0.2, 0.25) is 0 Å². The summed E-state index contributed by atoms with van der Waals surface area (Å²) in [5.74, 6) is 0.787. The van der Waals surface area contributed by atoms with Crippen molar-refractivity contribution in [2.75, 3.05) is 27.4 Å². The zero-order chi connectivity index (χ0) is 19.2. The molecule has 3 rings (SSSR count). The van der Waals surface area contributed by atoms with E-state index in [1.54, 1.807) is 32.4 Å². The molecule has 2 aromatic carbocycles. The molecular weight excluding hydrogens is 350 g/mol. The van der Waals surface area contributed by atoms with Crippen LogP contribution in [0.4, 0.5) is 0 Å². The quantitative estimate of drug-likeness (QED) is 0.724. The van der Waals surface area contributed by atoms with Crippen molar-refractivity contribution in [3.63, 3.8) is 0 Å². The zero-order valence-electron chi connectivity index (χ0n) is 15.2. The van der Waals surface area contributed by atoms with Gasteiger partial charge in [-0.3, -0.25) is 4.79 Å². The summed E-state index contributed by atoms with van der Waals surface area (Å²) >= 11 is 0. The summed E-state index contributed by atoms with van der Waals surface area (Å²) in [6.07, 6.45) is -0.896. The second kappa shape index (κ2) is 8.44. The van der Waals surface area contributed by atoms with Gasteiger partial charge in [-0.25, -0.2) is 4.79 Å². The number of rotatable bonds is 6. The van der Waals surface area contributed by atoms with E-state index in [2.05, 4.69) is 0 Å². The highest BCUT2D eigenvalue weighted by Crippen LogP contribution is 2.31. The van der Waals surface area contributed by atoms with Crippen molar-refractivity contribution in [3.8, 4) is 17.2 Å². The molecule has 7 heteroatoms. The maximum Gasteiger partial charge on any atom is 0.351 e. The van der Waals surface area contributed by atoms with Crippen LogP contribution in [-0.2, 0) is 20.9 Å². The monoisotopic (exact) mass is 371 g/mol. The van der Waals surface area contributed by atoms with Gasteiger partial charge in [0.1, 0.15) is 12.4 Å². The van der Waals surface area contributed by atoms with Crippen LogP contribution < -0.4 is 14.2 Å². The number of ether oxygens (including phenoxy) is 4. The lowest BCUT2D eigenvalue weighted by Crippen LogP contribution is -2.40. The molecule has 1 atom stereocenters. The van der Waals surface area contributed by atoms with Crippen molar-refractivity contribution in [2.24, 2.45) is 0 Å². The molecule has 0 saturated heterocycles. The van der Waals surface area contributed by atoms with Gasteiger partial charge in [-0.05, 0) is 18.2 Å². The van der Waals surface area contributed by atoms with Crippen molar-refractivity contribution in [1.82, 2.24) is 4.90 Å². The van der Waals surface area contributed by atoms with E-state index in [0.717, 1.165) is 5.56 Å². The Labute approximate surface area is 157 Å². The third kappa shape index (κ3) is 4.49. The van der Waals surface area contributed by atoms with E-state index in [-0.39, 0.29) is 19.1 Å². The first-order valence-corrected chi connectivity index (χ1v) is 8.49. The van der Waals surface area contributed by atoms with Crippen molar-refractivity contribution in [2.45, 2.75) is 12.6 Å². The molecule has 142 valence electrons. The van der Waals surface area contributed by atoms with Crippen LogP contribution in [0, 0.1) is 0 Å². The Morgan fingerprint density at radius 3 is 2.59 bits per heavy atom. The number of fused-ring (bicyclic) bond motifs is 1.